The van der Waals surface area contributed by atoms with Crippen molar-refractivity contribution in [2.24, 2.45) is 5.92 Å². The van der Waals surface area contributed by atoms with E-state index < -0.39 is 5.97 Å². The second-order valence-corrected chi connectivity index (χ2v) is 7.48. The number of fused-ring (bicyclic) bond motifs is 1. The van der Waals surface area contributed by atoms with Crippen molar-refractivity contribution in [2.75, 3.05) is 5.32 Å². The second-order valence-electron chi connectivity index (χ2n) is 6.63. The summed E-state index contributed by atoms with van der Waals surface area (Å²) >= 11 is 3.48. The van der Waals surface area contributed by atoms with Gasteiger partial charge < -0.3 is 10.4 Å². The van der Waals surface area contributed by atoms with Crippen molar-refractivity contribution in [1.82, 2.24) is 15.0 Å². The Morgan fingerprint density at radius 2 is 2.00 bits per heavy atom. The highest BCUT2D eigenvalue weighted by Gasteiger charge is 2.18. The Balaban J connectivity index is 1.76. The van der Waals surface area contributed by atoms with Crippen molar-refractivity contribution < 1.29 is 9.90 Å². The molecule has 1 unspecified atom stereocenters. The predicted octanol–water partition coefficient (Wildman–Crippen LogP) is 5.21. The molecule has 0 saturated carbocycles. The van der Waals surface area contributed by atoms with Crippen LogP contribution in [0, 0.1) is 5.92 Å². The van der Waals surface area contributed by atoms with Gasteiger partial charge in [0.15, 0.2) is 11.3 Å². The number of anilines is 1. The zero-order valence-corrected chi connectivity index (χ0v) is 17.1. The number of benzene rings is 1. The number of aromatic nitrogens is 3. The summed E-state index contributed by atoms with van der Waals surface area (Å²) in [6, 6.07) is 9.18. The quantitative estimate of drug-likeness (QED) is 0.569. The highest BCUT2D eigenvalue weighted by Crippen LogP contribution is 2.32. The number of nitrogens with one attached hydrogen (secondary N) is 1. The van der Waals surface area contributed by atoms with Gasteiger partial charge >= 0.3 is 5.97 Å². The Morgan fingerprint density at radius 1 is 1.17 bits per heavy atom. The van der Waals surface area contributed by atoms with Crippen molar-refractivity contribution in [2.45, 2.75) is 6.92 Å². The molecule has 29 heavy (non-hydrogen) atoms. The average Bonchev–Trinajstić information content (AvgIpc) is 2.91. The van der Waals surface area contributed by atoms with Gasteiger partial charge in [-0.15, -0.1) is 0 Å². The van der Waals surface area contributed by atoms with Gasteiger partial charge in [-0.25, -0.2) is 14.8 Å². The van der Waals surface area contributed by atoms with Gasteiger partial charge in [-0.05, 0) is 35.8 Å². The zero-order valence-electron chi connectivity index (χ0n) is 15.5. The summed E-state index contributed by atoms with van der Waals surface area (Å²) in [4.78, 5) is 24.9. The number of nitrogens with zero attached hydrogens (tertiary/aromatic N) is 3. The molecule has 0 fully saturated rings. The van der Waals surface area contributed by atoms with E-state index in [0.29, 0.717) is 28.5 Å². The van der Waals surface area contributed by atoms with E-state index in [9.17, 15) is 9.90 Å². The van der Waals surface area contributed by atoms with Gasteiger partial charge in [-0.3, -0.25) is 0 Å². The lowest BCUT2D eigenvalue weighted by molar-refractivity contribution is 0.0692. The minimum absolute atomic E-state index is 0.0561. The van der Waals surface area contributed by atoms with Gasteiger partial charge in [-0.1, -0.05) is 59.3 Å². The van der Waals surface area contributed by atoms with E-state index in [0.717, 1.165) is 15.7 Å². The van der Waals surface area contributed by atoms with Crippen LogP contribution in [0.2, 0.25) is 0 Å². The summed E-state index contributed by atoms with van der Waals surface area (Å²) in [6.45, 7) is 2.09. The van der Waals surface area contributed by atoms with Crippen LogP contribution >= 0.6 is 15.9 Å². The maximum absolute atomic E-state index is 11.9. The smallest absolute Gasteiger partial charge is 0.355 e. The Hall–Kier alpha value is -3.32. The molecular weight excluding hydrogens is 432 g/mol. The van der Waals surface area contributed by atoms with Crippen molar-refractivity contribution in [3.8, 4) is 11.1 Å². The summed E-state index contributed by atoms with van der Waals surface area (Å²) in [5, 5.41) is 13.5. The standard InChI is InChI=1S/C22H17BrN4O2/c1-13-5-4-6-15(10-9-13)25-22-24-12-14-11-17(16-7-2-3-8-18(16)23)19(21(28)29)26-20(14)27-22/h2-13H,1H3,(H,28,29)(H,24,25,26,27). The molecule has 0 spiro atoms. The van der Waals surface area contributed by atoms with Gasteiger partial charge in [0, 0.05) is 27.3 Å². The molecule has 7 heteroatoms. The van der Waals surface area contributed by atoms with Gasteiger partial charge in [0.25, 0.3) is 0 Å². The summed E-state index contributed by atoms with van der Waals surface area (Å²) < 4.78 is 0.789. The second kappa shape index (κ2) is 7.97. The monoisotopic (exact) mass is 448 g/mol. The molecule has 0 saturated heterocycles. The third kappa shape index (κ3) is 4.09. The normalized spacial score (nSPS) is 15.8. The molecule has 0 bridgehead atoms. The first kappa shape index (κ1) is 19.0. The number of aromatic carboxylic acids is 1. The summed E-state index contributed by atoms with van der Waals surface area (Å²) in [5.41, 5.74) is 2.36. The number of allylic oxidation sites excluding steroid dienone is 5. The minimum Gasteiger partial charge on any atom is -0.476 e. The number of rotatable bonds is 4. The van der Waals surface area contributed by atoms with Crippen LogP contribution in [0.4, 0.5) is 5.95 Å². The molecule has 4 rings (SSSR count). The number of carboxylic acids is 1. The Bertz CT molecular complexity index is 1200. The molecule has 0 radical (unpaired) electrons. The summed E-state index contributed by atoms with van der Waals surface area (Å²) in [6.07, 6.45) is 11.6. The number of carboxylic acid groups (broad SMARTS) is 1. The highest BCUT2D eigenvalue weighted by molar-refractivity contribution is 9.10. The molecule has 1 aliphatic rings. The zero-order chi connectivity index (χ0) is 20.4. The first-order chi connectivity index (χ1) is 14.0. The fourth-order valence-corrected chi connectivity index (χ4v) is 3.49. The van der Waals surface area contributed by atoms with E-state index in [1.807, 2.05) is 42.5 Å². The molecule has 2 N–H and O–H groups in total. The molecule has 1 atom stereocenters. The van der Waals surface area contributed by atoms with Crippen LogP contribution in [0.3, 0.4) is 0 Å². The molecular formula is C22H17BrN4O2. The first-order valence-electron chi connectivity index (χ1n) is 9.01. The summed E-state index contributed by atoms with van der Waals surface area (Å²) in [5.74, 6) is -0.410. The van der Waals surface area contributed by atoms with Crippen LogP contribution in [0.25, 0.3) is 22.2 Å². The number of halogens is 1. The fraction of sp³-hybridized carbons (Fsp3) is 0.0909. The molecule has 1 aliphatic carbocycles. The lowest BCUT2D eigenvalue weighted by Crippen LogP contribution is -2.07. The van der Waals surface area contributed by atoms with Crippen LogP contribution in [0.5, 0.6) is 0 Å². The van der Waals surface area contributed by atoms with E-state index in [4.69, 9.17) is 0 Å². The van der Waals surface area contributed by atoms with Crippen molar-refractivity contribution in [3.05, 3.63) is 82.8 Å². The lowest BCUT2D eigenvalue weighted by atomic mass is 10.0. The molecule has 0 amide bonds. The molecule has 0 aliphatic heterocycles. The van der Waals surface area contributed by atoms with Gasteiger partial charge in [0.2, 0.25) is 5.95 Å². The maximum atomic E-state index is 11.9. The van der Waals surface area contributed by atoms with E-state index in [2.05, 4.69) is 55.3 Å². The number of pyridine rings is 1. The third-order valence-electron chi connectivity index (χ3n) is 4.46. The Morgan fingerprint density at radius 3 is 2.79 bits per heavy atom. The third-order valence-corrected chi connectivity index (χ3v) is 5.15. The SMILES string of the molecule is CC1C=CC=C(Nc2ncc3cc(-c4ccccc4Br)c(C(=O)O)nc3n2)C=C1. The molecule has 3 aromatic rings. The fourth-order valence-electron chi connectivity index (χ4n) is 2.99. The van der Waals surface area contributed by atoms with Gasteiger partial charge in [-0.2, -0.15) is 4.98 Å². The highest BCUT2D eigenvalue weighted by atomic mass is 79.9. The molecule has 144 valence electrons. The van der Waals surface area contributed by atoms with Crippen LogP contribution < -0.4 is 5.32 Å². The number of hydrogen-bond acceptors (Lipinski definition) is 5. The van der Waals surface area contributed by atoms with E-state index in [1.165, 1.54) is 0 Å². The molecule has 6 nitrogen and oxygen atoms in total. The predicted molar refractivity (Wildman–Crippen MR) is 117 cm³/mol. The van der Waals surface area contributed by atoms with Crippen LogP contribution in [0.15, 0.2) is 77.1 Å². The van der Waals surface area contributed by atoms with E-state index >= 15 is 0 Å². The van der Waals surface area contributed by atoms with Crippen molar-refractivity contribution in [1.29, 1.82) is 0 Å². The minimum atomic E-state index is -1.11. The molecule has 2 heterocycles. The van der Waals surface area contributed by atoms with Gasteiger partial charge in [0.05, 0.1) is 0 Å². The number of hydrogen-bond donors (Lipinski definition) is 2. The lowest BCUT2D eigenvalue weighted by Gasteiger charge is -2.10. The van der Waals surface area contributed by atoms with Gasteiger partial charge in [0.1, 0.15) is 0 Å². The largest absolute Gasteiger partial charge is 0.476 e. The first-order valence-corrected chi connectivity index (χ1v) is 9.80. The van der Waals surface area contributed by atoms with Crippen molar-refractivity contribution >= 4 is 38.9 Å². The van der Waals surface area contributed by atoms with E-state index in [1.54, 1.807) is 12.3 Å². The maximum Gasteiger partial charge on any atom is 0.355 e. The molecule has 2 aromatic heterocycles. The Labute approximate surface area is 175 Å². The van der Waals surface area contributed by atoms with Crippen molar-refractivity contribution in [3.63, 3.8) is 0 Å². The average molecular weight is 449 g/mol. The topological polar surface area (TPSA) is 88.0 Å². The number of carbonyl (C=O) groups is 1. The molecule has 1 aromatic carbocycles. The Kier molecular flexibility index (Phi) is 5.22. The van der Waals surface area contributed by atoms with Crippen LogP contribution in [-0.2, 0) is 0 Å². The van der Waals surface area contributed by atoms with E-state index in [-0.39, 0.29) is 5.69 Å². The van der Waals surface area contributed by atoms with Crippen LogP contribution in [0.1, 0.15) is 17.4 Å². The summed E-state index contributed by atoms with van der Waals surface area (Å²) in [7, 11) is 0. The van der Waals surface area contributed by atoms with Crippen LogP contribution in [-0.4, -0.2) is 26.0 Å².